The van der Waals surface area contributed by atoms with Gasteiger partial charge in [-0.2, -0.15) is 13.2 Å². The standard InChI is InChI=1S/C14H18ClF4N/c1-2-8-20-13(4-3-7-14(17,18)19)11-6-5-10(15)9-12(11)16/h5-6,9,13,20H,2-4,7-8H2,1H3. The van der Waals surface area contributed by atoms with E-state index in [0.29, 0.717) is 12.1 Å². The summed E-state index contributed by atoms with van der Waals surface area (Å²) in [7, 11) is 0. The first-order chi connectivity index (χ1) is 9.33. The lowest BCUT2D eigenvalue weighted by atomic mass is 10.00. The van der Waals surface area contributed by atoms with Crippen LogP contribution < -0.4 is 5.32 Å². The minimum Gasteiger partial charge on any atom is -0.310 e. The van der Waals surface area contributed by atoms with Crippen LogP contribution in [0, 0.1) is 5.82 Å². The second-order valence-electron chi connectivity index (χ2n) is 4.68. The highest BCUT2D eigenvalue weighted by molar-refractivity contribution is 6.30. The molecule has 0 saturated heterocycles. The molecule has 6 heteroatoms. The maximum atomic E-state index is 13.8. The number of benzene rings is 1. The zero-order valence-electron chi connectivity index (χ0n) is 11.2. The average Bonchev–Trinajstić information content (AvgIpc) is 2.33. The normalized spacial score (nSPS) is 13.5. The van der Waals surface area contributed by atoms with Gasteiger partial charge in [0.15, 0.2) is 0 Å². The quantitative estimate of drug-likeness (QED) is 0.678. The van der Waals surface area contributed by atoms with Gasteiger partial charge in [0, 0.05) is 23.0 Å². The summed E-state index contributed by atoms with van der Waals surface area (Å²) in [6.45, 7) is 2.57. The summed E-state index contributed by atoms with van der Waals surface area (Å²) in [4.78, 5) is 0. The summed E-state index contributed by atoms with van der Waals surface area (Å²) in [5.74, 6) is -0.488. The van der Waals surface area contributed by atoms with Crippen molar-refractivity contribution < 1.29 is 17.6 Å². The van der Waals surface area contributed by atoms with Gasteiger partial charge in [0.25, 0.3) is 0 Å². The molecule has 0 amide bonds. The van der Waals surface area contributed by atoms with E-state index < -0.39 is 24.5 Å². The molecule has 0 aromatic heterocycles. The molecular weight excluding hydrogens is 294 g/mol. The van der Waals surface area contributed by atoms with Crippen LogP contribution in [-0.4, -0.2) is 12.7 Å². The van der Waals surface area contributed by atoms with Crippen LogP contribution in [0.2, 0.25) is 5.02 Å². The van der Waals surface area contributed by atoms with Crippen molar-refractivity contribution >= 4 is 11.6 Å². The van der Waals surface area contributed by atoms with Gasteiger partial charge in [-0.25, -0.2) is 4.39 Å². The fraction of sp³-hybridized carbons (Fsp3) is 0.571. The zero-order valence-corrected chi connectivity index (χ0v) is 12.0. The highest BCUT2D eigenvalue weighted by Crippen LogP contribution is 2.28. The van der Waals surface area contributed by atoms with Gasteiger partial charge in [0.1, 0.15) is 5.82 Å². The molecule has 1 atom stereocenters. The summed E-state index contributed by atoms with van der Waals surface area (Å²) in [5.41, 5.74) is 0.366. The Balaban J connectivity index is 2.72. The van der Waals surface area contributed by atoms with Gasteiger partial charge in [-0.15, -0.1) is 0 Å². The van der Waals surface area contributed by atoms with E-state index in [1.807, 2.05) is 6.92 Å². The molecule has 114 valence electrons. The molecule has 1 N–H and O–H groups in total. The second-order valence-corrected chi connectivity index (χ2v) is 5.12. The Bertz CT molecular complexity index is 420. The molecular formula is C14H18ClF4N. The number of hydrogen-bond donors (Lipinski definition) is 1. The molecule has 1 rings (SSSR count). The predicted octanol–water partition coefficient (Wildman–Crippen LogP) is 5.25. The Morgan fingerprint density at radius 3 is 2.55 bits per heavy atom. The summed E-state index contributed by atoms with van der Waals surface area (Å²) < 4.78 is 50.4. The van der Waals surface area contributed by atoms with E-state index in [1.54, 1.807) is 6.07 Å². The maximum Gasteiger partial charge on any atom is 0.389 e. The maximum absolute atomic E-state index is 13.8. The van der Waals surface area contributed by atoms with Gasteiger partial charge in [0.2, 0.25) is 0 Å². The molecule has 0 fully saturated rings. The predicted molar refractivity (Wildman–Crippen MR) is 72.4 cm³/mol. The van der Waals surface area contributed by atoms with Crippen molar-refractivity contribution in [3.05, 3.63) is 34.6 Å². The third kappa shape index (κ3) is 6.09. The SMILES string of the molecule is CCCNC(CCCC(F)(F)F)c1ccc(Cl)cc1F. The largest absolute Gasteiger partial charge is 0.389 e. The number of rotatable bonds is 7. The van der Waals surface area contributed by atoms with Gasteiger partial charge in [0.05, 0.1) is 0 Å². The lowest BCUT2D eigenvalue weighted by Gasteiger charge is -2.20. The van der Waals surface area contributed by atoms with Crippen LogP contribution in [0.1, 0.15) is 44.2 Å². The van der Waals surface area contributed by atoms with E-state index in [9.17, 15) is 17.6 Å². The molecule has 1 aromatic carbocycles. The van der Waals surface area contributed by atoms with Crippen LogP contribution in [0.25, 0.3) is 0 Å². The van der Waals surface area contributed by atoms with Crippen LogP contribution in [0.4, 0.5) is 17.6 Å². The lowest BCUT2D eigenvalue weighted by molar-refractivity contribution is -0.135. The molecule has 1 nitrogen and oxygen atoms in total. The van der Waals surface area contributed by atoms with Crippen molar-refractivity contribution in [3.8, 4) is 0 Å². The molecule has 0 heterocycles. The van der Waals surface area contributed by atoms with E-state index in [2.05, 4.69) is 5.32 Å². The van der Waals surface area contributed by atoms with Crippen LogP contribution in [0.5, 0.6) is 0 Å². The van der Waals surface area contributed by atoms with Crippen LogP contribution in [0.3, 0.4) is 0 Å². The third-order valence-corrected chi connectivity index (χ3v) is 3.17. The number of nitrogens with one attached hydrogen (secondary N) is 1. The molecule has 1 aromatic rings. The van der Waals surface area contributed by atoms with Crippen LogP contribution in [-0.2, 0) is 0 Å². The first-order valence-corrected chi connectivity index (χ1v) is 6.96. The molecule has 0 saturated carbocycles. The highest BCUT2D eigenvalue weighted by Gasteiger charge is 2.27. The minimum atomic E-state index is -4.17. The van der Waals surface area contributed by atoms with Crippen molar-refractivity contribution in [3.63, 3.8) is 0 Å². The summed E-state index contributed by atoms with van der Waals surface area (Å²) in [5, 5.41) is 3.36. The Hall–Kier alpha value is -0.810. The van der Waals surface area contributed by atoms with E-state index in [4.69, 9.17) is 11.6 Å². The highest BCUT2D eigenvalue weighted by atomic mass is 35.5. The van der Waals surface area contributed by atoms with E-state index in [-0.39, 0.29) is 17.9 Å². The molecule has 0 aliphatic rings. The van der Waals surface area contributed by atoms with Crippen LogP contribution in [0.15, 0.2) is 18.2 Å². The van der Waals surface area contributed by atoms with Crippen molar-refractivity contribution in [2.45, 2.75) is 44.8 Å². The molecule has 0 aliphatic carbocycles. The summed E-state index contributed by atoms with van der Waals surface area (Å²) in [6.07, 6.45) is -4.00. The molecule has 1 unspecified atom stereocenters. The second kappa shape index (κ2) is 7.84. The monoisotopic (exact) mass is 311 g/mol. The number of alkyl halides is 3. The molecule has 0 aliphatic heterocycles. The van der Waals surface area contributed by atoms with Crippen LogP contribution >= 0.6 is 11.6 Å². The van der Waals surface area contributed by atoms with Crippen molar-refractivity contribution in [1.82, 2.24) is 5.32 Å². The molecule has 0 spiro atoms. The molecule has 0 radical (unpaired) electrons. The van der Waals surface area contributed by atoms with Gasteiger partial charge >= 0.3 is 6.18 Å². The number of halogens is 5. The first kappa shape index (κ1) is 17.2. The topological polar surface area (TPSA) is 12.0 Å². The smallest absolute Gasteiger partial charge is 0.310 e. The zero-order chi connectivity index (χ0) is 15.2. The summed E-state index contributed by atoms with van der Waals surface area (Å²) in [6, 6.07) is 3.83. The van der Waals surface area contributed by atoms with E-state index in [1.165, 1.54) is 12.1 Å². The van der Waals surface area contributed by atoms with E-state index in [0.717, 1.165) is 6.42 Å². The van der Waals surface area contributed by atoms with Gasteiger partial charge in [-0.3, -0.25) is 0 Å². The Kier molecular flexibility index (Phi) is 6.76. The van der Waals surface area contributed by atoms with Crippen molar-refractivity contribution in [1.29, 1.82) is 0 Å². The minimum absolute atomic E-state index is 0.0348. The van der Waals surface area contributed by atoms with Gasteiger partial charge in [-0.05, 0) is 37.9 Å². The van der Waals surface area contributed by atoms with Crippen molar-refractivity contribution in [2.75, 3.05) is 6.54 Å². The van der Waals surface area contributed by atoms with Gasteiger partial charge < -0.3 is 5.32 Å². The Labute approximate surface area is 121 Å². The molecule has 0 bridgehead atoms. The Morgan fingerprint density at radius 1 is 1.30 bits per heavy atom. The number of hydrogen-bond acceptors (Lipinski definition) is 1. The lowest BCUT2D eigenvalue weighted by Crippen LogP contribution is -2.23. The van der Waals surface area contributed by atoms with Crippen molar-refractivity contribution in [2.24, 2.45) is 0 Å². The van der Waals surface area contributed by atoms with E-state index >= 15 is 0 Å². The first-order valence-electron chi connectivity index (χ1n) is 6.58. The molecule has 20 heavy (non-hydrogen) atoms. The summed E-state index contributed by atoms with van der Waals surface area (Å²) >= 11 is 5.68. The van der Waals surface area contributed by atoms with Gasteiger partial charge in [-0.1, -0.05) is 24.6 Å². The fourth-order valence-electron chi connectivity index (χ4n) is 1.98. The average molecular weight is 312 g/mol. The Morgan fingerprint density at radius 2 is 2.00 bits per heavy atom. The third-order valence-electron chi connectivity index (χ3n) is 2.93. The fourth-order valence-corrected chi connectivity index (χ4v) is 2.14.